The fourth-order valence-electron chi connectivity index (χ4n) is 1.49. The van der Waals surface area contributed by atoms with Crippen LogP contribution < -0.4 is 5.73 Å². The second-order valence-corrected chi connectivity index (χ2v) is 5.33. The van der Waals surface area contributed by atoms with Gasteiger partial charge in [-0.3, -0.25) is 4.79 Å². The van der Waals surface area contributed by atoms with Crippen LogP contribution in [0.4, 0.5) is 0 Å². The zero-order valence-corrected chi connectivity index (χ0v) is 9.15. The third-order valence-corrected chi connectivity index (χ3v) is 4.10. The highest BCUT2D eigenvalue weighted by Crippen LogP contribution is 2.41. The average molecular weight is 219 g/mol. The SMILES string of the molecule is NC(=O)Cc1ccc([SH]2C=CC=C2)cc1. The average Bonchev–Trinajstić information content (AvgIpc) is 2.71. The van der Waals surface area contributed by atoms with Crippen LogP contribution in [0, 0.1) is 0 Å². The Labute approximate surface area is 91.8 Å². The number of thiol groups is 1. The van der Waals surface area contributed by atoms with Crippen molar-refractivity contribution in [2.45, 2.75) is 11.3 Å². The molecule has 1 aromatic carbocycles. The van der Waals surface area contributed by atoms with Gasteiger partial charge in [-0.2, -0.15) is 10.9 Å². The molecule has 1 aromatic rings. The lowest BCUT2D eigenvalue weighted by atomic mass is 10.1. The standard InChI is InChI=1S/C12H13NOS/c13-12(14)9-10-3-5-11(6-4-10)15-7-1-2-8-15/h1-8,15H,9H2,(H2,13,14). The number of rotatable bonds is 3. The van der Waals surface area contributed by atoms with Gasteiger partial charge in [0.05, 0.1) is 6.42 Å². The highest BCUT2D eigenvalue weighted by molar-refractivity contribution is 8.22. The molecule has 2 nitrogen and oxygen atoms in total. The molecule has 0 radical (unpaired) electrons. The molecule has 0 atom stereocenters. The van der Waals surface area contributed by atoms with Crippen LogP contribution in [0.2, 0.25) is 0 Å². The number of primary amides is 1. The lowest BCUT2D eigenvalue weighted by molar-refractivity contribution is -0.117. The number of carbonyl (C=O) groups is 1. The molecular weight excluding hydrogens is 206 g/mol. The summed E-state index contributed by atoms with van der Waals surface area (Å²) in [5.74, 6) is -0.283. The predicted molar refractivity (Wildman–Crippen MR) is 64.9 cm³/mol. The van der Waals surface area contributed by atoms with Gasteiger partial charge in [-0.1, -0.05) is 24.3 Å². The van der Waals surface area contributed by atoms with E-state index in [-0.39, 0.29) is 16.8 Å². The van der Waals surface area contributed by atoms with Gasteiger partial charge in [-0.25, -0.2) is 0 Å². The first-order valence-corrected chi connectivity index (χ1v) is 6.24. The lowest BCUT2D eigenvalue weighted by Gasteiger charge is -2.10. The van der Waals surface area contributed by atoms with Crippen molar-refractivity contribution < 1.29 is 4.79 Å². The van der Waals surface area contributed by atoms with Crippen LogP contribution in [0.25, 0.3) is 0 Å². The Bertz CT molecular complexity index is 408. The summed E-state index contributed by atoms with van der Waals surface area (Å²) >= 11 is 0. The van der Waals surface area contributed by atoms with E-state index in [1.165, 1.54) is 4.90 Å². The van der Waals surface area contributed by atoms with Gasteiger partial charge in [0.2, 0.25) is 5.91 Å². The first kappa shape index (κ1) is 10.1. The second-order valence-electron chi connectivity index (χ2n) is 3.40. The Morgan fingerprint density at radius 1 is 1.13 bits per heavy atom. The van der Waals surface area contributed by atoms with E-state index in [1.807, 2.05) is 12.1 Å². The number of amides is 1. The van der Waals surface area contributed by atoms with E-state index in [0.717, 1.165) is 5.56 Å². The number of hydrogen-bond acceptors (Lipinski definition) is 1. The van der Waals surface area contributed by atoms with Gasteiger partial charge in [0, 0.05) is 0 Å². The van der Waals surface area contributed by atoms with Crippen molar-refractivity contribution in [3.63, 3.8) is 0 Å². The molecule has 0 unspecified atom stereocenters. The molecule has 0 aliphatic carbocycles. The number of carbonyl (C=O) groups excluding carboxylic acids is 1. The minimum Gasteiger partial charge on any atom is -0.369 e. The Morgan fingerprint density at radius 3 is 2.27 bits per heavy atom. The summed E-state index contributed by atoms with van der Waals surface area (Å²) in [6.07, 6.45) is 4.47. The monoisotopic (exact) mass is 219 g/mol. The fourth-order valence-corrected chi connectivity index (χ4v) is 3.00. The minimum atomic E-state index is -0.283. The van der Waals surface area contributed by atoms with Gasteiger partial charge >= 0.3 is 0 Å². The summed E-state index contributed by atoms with van der Waals surface area (Å²) < 4.78 is 0. The molecule has 0 saturated carbocycles. The molecule has 2 N–H and O–H groups in total. The first-order chi connectivity index (χ1) is 7.25. The quantitative estimate of drug-likeness (QED) is 0.751. The second kappa shape index (κ2) is 4.36. The summed E-state index contributed by atoms with van der Waals surface area (Å²) in [6, 6.07) is 8.10. The van der Waals surface area contributed by atoms with Gasteiger partial charge in [0.25, 0.3) is 0 Å². The topological polar surface area (TPSA) is 43.1 Å². The normalized spacial score (nSPS) is 15.9. The van der Waals surface area contributed by atoms with Crippen molar-refractivity contribution in [3.8, 4) is 0 Å². The Hall–Kier alpha value is -1.48. The van der Waals surface area contributed by atoms with Crippen molar-refractivity contribution in [2.75, 3.05) is 0 Å². The molecule has 3 heteroatoms. The summed E-state index contributed by atoms with van der Waals surface area (Å²) in [7, 11) is -0.250. The van der Waals surface area contributed by atoms with Crippen LogP contribution in [0.15, 0.2) is 52.1 Å². The lowest BCUT2D eigenvalue weighted by Crippen LogP contribution is -2.13. The predicted octanol–water partition coefficient (Wildman–Crippen LogP) is 2.12. The van der Waals surface area contributed by atoms with Crippen LogP contribution in [0.3, 0.4) is 0 Å². The minimum absolute atomic E-state index is 0.250. The Morgan fingerprint density at radius 2 is 1.73 bits per heavy atom. The van der Waals surface area contributed by atoms with E-state index in [9.17, 15) is 4.79 Å². The van der Waals surface area contributed by atoms with Gasteiger partial charge in [-0.05, 0) is 33.4 Å². The molecule has 0 fully saturated rings. The van der Waals surface area contributed by atoms with Gasteiger partial charge in [-0.15, -0.1) is 0 Å². The molecule has 15 heavy (non-hydrogen) atoms. The molecule has 0 bridgehead atoms. The number of hydrogen-bond donors (Lipinski definition) is 2. The van der Waals surface area contributed by atoms with E-state index in [2.05, 4.69) is 35.1 Å². The van der Waals surface area contributed by atoms with Gasteiger partial charge < -0.3 is 5.73 Å². The molecule has 1 amide bonds. The largest absolute Gasteiger partial charge is 0.369 e. The molecule has 1 aliphatic heterocycles. The van der Waals surface area contributed by atoms with E-state index in [4.69, 9.17) is 5.73 Å². The Balaban J connectivity index is 2.13. The summed E-state index contributed by atoms with van der Waals surface area (Å²) in [5.41, 5.74) is 6.11. The van der Waals surface area contributed by atoms with Gasteiger partial charge in [0.1, 0.15) is 0 Å². The highest BCUT2D eigenvalue weighted by Gasteiger charge is 2.03. The maximum atomic E-state index is 10.7. The third-order valence-electron chi connectivity index (χ3n) is 2.22. The summed E-state index contributed by atoms with van der Waals surface area (Å²) in [4.78, 5) is 12.0. The summed E-state index contributed by atoms with van der Waals surface area (Å²) in [6.45, 7) is 0. The maximum Gasteiger partial charge on any atom is 0.221 e. The molecule has 0 spiro atoms. The van der Waals surface area contributed by atoms with Crippen LogP contribution in [-0.4, -0.2) is 5.91 Å². The molecule has 0 saturated heterocycles. The Kier molecular flexibility index (Phi) is 2.92. The number of allylic oxidation sites excluding steroid dienone is 2. The van der Waals surface area contributed by atoms with Crippen molar-refractivity contribution >= 4 is 16.8 Å². The van der Waals surface area contributed by atoms with Crippen molar-refractivity contribution in [1.82, 2.24) is 0 Å². The summed E-state index contributed by atoms with van der Waals surface area (Å²) in [5, 5.41) is 4.41. The van der Waals surface area contributed by atoms with Crippen LogP contribution >= 0.6 is 10.9 Å². The fraction of sp³-hybridized carbons (Fsp3) is 0.0833. The van der Waals surface area contributed by atoms with Crippen LogP contribution in [0.5, 0.6) is 0 Å². The third kappa shape index (κ3) is 2.50. The van der Waals surface area contributed by atoms with E-state index in [1.54, 1.807) is 0 Å². The molecule has 0 aromatic heterocycles. The van der Waals surface area contributed by atoms with Crippen molar-refractivity contribution in [1.29, 1.82) is 0 Å². The van der Waals surface area contributed by atoms with Crippen molar-refractivity contribution in [3.05, 3.63) is 52.8 Å². The van der Waals surface area contributed by atoms with Crippen LogP contribution in [0.1, 0.15) is 5.56 Å². The van der Waals surface area contributed by atoms with Gasteiger partial charge in [0.15, 0.2) is 0 Å². The number of nitrogens with two attached hydrogens (primary N) is 1. The van der Waals surface area contributed by atoms with Crippen LogP contribution in [-0.2, 0) is 11.2 Å². The first-order valence-electron chi connectivity index (χ1n) is 4.76. The molecule has 1 aliphatic rings. The van der Waals surface area contributed by atoms with E-state index < -0.39 is 0 Å². The molecule has 78 valence electrons. The van der Waals surface area contributed by atoms with E-state index >= 15 is 0 Å². The van der Waals surface area contributed by atoms with E-state index in [0.29, 0.717) is 6.42 Å². The molecule has 1 heterocycles. The zero-order valence-electron chi connectivity index (χ0n) is 8.26. The zero-order chi connectivity index (χ0) is 10.7. The van der Waals surface area contributed by atoms with Crippen molar-refractivity contribution in [2.24, 2.45) is 5.73 Å². The highest BCUT2D eigenvalue weighted by atomic mass is 32.2. The smallest absolute Gasteiger partial charge is 0.221 e. The number of benzene rings is 1. The maximum absolute atomic E-state index is 10.7. The molecular formula is C12H13NOS. The molecule has 2 rings (SSSR count).